The van der Waals surface area contributed by atoms with Crippen LogP contribution < -0.4 is 5.73 Å². The fourth-order valence-corrected chi connectivity index (χ4v) is 1.27. The number of halogens is 1. The van der Waals surface area contributed by atoms with Gasteiger partial charge >= 0.3 is 0 Å². The molecular weight excluding hydrogens is 199 g/mol. The van der Waals surface area contributed by atoms with E-state index in [-0.39, 0.29) is 22.9 Å². The fraction of sp³-hybridized carbons (Fsp3) is 0.100. The van der Waals surface area contributed by atoms with Gasteiger partial charge in [0.05, 0.1) is 0 Å². The molecule has 1 heterocycles. The van der Waals surface area contributed by atoms with Crippen LogP contribution in [0.2, 0.25) is 0 Å². The van der Waals surface area contributed by atoms with Crippen LogP contribution in [-0.4, -0.2) is 10.3 Å². The molecule has 0 saturated heterocycles. The number of aryl methyl sites for hydroxylation is 1. The van der Waals surface area contributed by atoms with Gasteiger partial charge in [0.15, 0.2) is 0 Å². The van der Waals surface area contributed by atoms with E-state index in [0.717, 1.165) is 0 Å². The van der Waals surface area contributed by atoms with Gasteiger partial charge in [-0.15, -0.1) is 0 Å². The quantitative estimate of drug-likeness (QED) is 0.752. The lowest BCUT2D eigenvalue weighted by atomic mass is 10.1. The fourth-order valence-electron chi connectivity index (χ4n) is 1.27. The lowest BCUT2D eigenvalue weighted by Crippen LogP contribution is -1.86. The minimum absolute atomic E-state index is 0.00738. The zero-order chi connectivity index (χ0) is 11.0. The van der Waals surface area contributed by atoms with E-state index in [1.165, 1.54) is 18.2 Å². The van der Waals surface area contributed by atoms with Crippen molar-refractivity contribution in [1.82, 2.24) is 5.16 Å². The molecule has 0 atom stereocenters. The van der Waals surface area contributed by atoms with E-state index in [0.29, 0.717) is 5.56 Å². The molecule has 0 fully saturated rings. The van der Waals surface area contributed by atoms with Gasteiger partial charge in [-0.3, -0.25) is 0 Å². The van der Waals surface area contributed by atoms with Crippen LogP contribution >= 0.6 is 0 Å². The van der Waals surface area contributed by atoms with Crippen LogP contribution in [0, 0.1) is 12.7 Å². The van der Waals surface area contributed by atoms with Crippen LogP contribution in [0.5, 0.6) is 5.75 Å². The largest absolute Gasteiger partial charge is 0.508 e. The molecule has 2 rings (SSSR count). The number of hydrogen-bond acceptors (Lipinski definition) is 4. The van der Waals surface area contributed by atoms with Crippen LogP contribution in [-0.2, 0) is 0 Å². The number of nitrogens with two attached hydrogens (primary N) is 1. The number of nitrogen functional groups attached to an aromatic ring is 1. The number of aromatic nitrogens is 1. The van der Waals surface area contributed by atoms with Crippen molar-refractivity contribution < 1.29 is 14.0 Å². The molecule has 1 aromatic heterocycles. The zero-order valence-corrected chi connectivity index (χ0v) is 7.99. The third-order valence-electron chi connectivity index (χ3n) is 2.09. The van der Waals surface area contributed by atoms with Crippen molar-refractivity contribution in [2.45, 2.75) is 6.92 Å². The highest BCUT2D eigenvalue weighted by Gasteiger charge is 2.12. The summed E-state index contributed by atoms with van der Waals surface area (Å²) in [7, 11) is 0. The minimum atomic E-state index is -0.474. The molecule has 0 aliphatic rings. The predicted octanol–water partition coefficient (Wildman–Crippen LogP) is 2.08. The first kappa shape index (κ1) is 9.51. The Morgan fingerprint density at radius 2 is 2.13 bits per heavy atom. The molecule has 4 nitrogen and oxygen atoms in total. The molecule has 0 bridgehead atoms. The maximum absolute atomic E-state index is 13.5. The van der Waals surface area contributed by atoms with E-state index in [2.05, 4.69) is 9.68 Å². The normalized spacial score (nSPS) is 10.5. The first-order valence-corrected chi connectivity index (χ1v) is 4.29. The summed E-state index contributed by atoms with van der Waals surface area (Å²) in [5.41, 5.74) is 6.21. The number of phenolic OH excluding ortho intramolecular Hbond substituents is 1. The minimum Gasteiger partial charge on any atom is -0.508 e. The van der Waals surface area contributed by atoms with Crippen molar-refractivity contribution in [3.63, 3.8) is 0 Å². The average molecular weight is 208 g/mol. The van der Waals surface area contributed by atoms with Gasteiger partial charge in [0, 0.05) is 11.6 Å². The van der Waals surface area contributed by atoms with Gasteiger partial charge in [-0.2, -0.15) is 0 Å². The summed E-state index contributed by atoms with van der Waals surface area (Å²) in [4.78, 5) is 0. The highest BCUT2D eigenvalue weighted by atomic mass is 19.1. The van der Waals surface area contributed by atoms with Gasteiger partial charge in [0.25, 0.3) is 0 Å². The van der Waals surface area contributed by atoms with Crippen molar-refractivity contribution in [2.75, 3.05) is 5.73 Å². The van der Waals surface area contributed by atoms with Crippen molar-refractivity contribution in [1.29, 1.82) is 0 Å². The van der Waals surface area contributed by atoms with Crippen LogP contribution in [0.3, 0.4) is 0 Å². The molecule has 0 radical (unpaired) electrons. The Labute approximate surface area is 85.1 Å². The monoisotopic (exact) mass is 208 g/mol. The topological polar surface area (TPSA) is 72.3 Å². The van der Waals surface area contributed by atoms with Crippen molar-refractivity contribution in [2.24, 2.45) is 0 Å². The number of anilines is 1. The lowest BCUT2D eigenvalue weighted by molar-refractivity contribution is 0.438. The van der Waals surface area contributed by atoms with Crippen LogP contribution in [0.25, 0.3) is 11.3 Å². The maximum atomic E-state index is 13.5. The first-order valence-electron chi connectivity index (χ1n) is 4.29. The third kappa shape index (κ3) is 1.63. The van der Waals surface area contributed by atoms with Crippen LogP contribution in [0.15, 0.2) is 22.7 Å². The smallest absolute Gasteiger partial charge is 0.222 e. The van der Waals surface area contributed by atoms with Crippen LogP contribution in [0.1, 0.15) is 5.56 Å². The highest BCUT2D eigenvalue weighted by Crippen LogP contribution is 2.29. The van der Waals surface area contributed by atoms with Crippen molar-refractivity contribution in [3.05, 3.63) is 29.6 Å². The van der Waals surface area contributed by atoms with E-state index in [4.69, 9.17) is 5.73 Å². The molecule has 2 aromatic rings. The summed E-state index contributed by atoms with van der Waals surface area (Å²) in [5.74, 6) is -0.365. The lowest BCUT2D eigenvalue weighted by Gasteiger charge is -2.02. The van der Waals surface area contributed by atoms with Gasteiger partial charge in [-0.25, -0.2) is 4.39 Å². The molecule has 0 spiro atoms. The van der Waals surface area contributed by atoms with E-state index in [9.17, 15) is 9.50 Å². The number of aromatic hydroxyl groups is 1. The van der Waals surface area contributed by atoms with Gasteiger partial charge in [0.2, 0.25) is 5.88 Å². The number of hydrogen-bond donors (Lipinski definition) is 2. The van der Waals surface area contributed by atoms with Crippen molar-refractivity contribution >= 4 is 5.88 Å². The molecule has 0 aliphatic carbocycles. The number of nitrogens with zero attached hydrogens (tertiary/aromatic N) is 1. The Morgan fingerprint density at radius 1 is 1.40 bits per heavy atom. The Balaban J connectivity index is 2.58. The standard InChI is InChI=1S/C10H9FN2O2/c1-5-2-7(11)6(3-9(5)14)8-4-10(12)15-13-8/h2-4,14H,12H2,1H3. The van der Waals surface area contributed by atoms with Gasteiger partial charge < -0.3 is 15.4 Å². The average Bonchev–Trinajstić information content (AvgIpc) is 2.58. The molecular formula is C10H9FN2O2. The van der Waals surface area contributed by atoms with E-state index in [1.54, 1.807) is 6.92 Å². The predicted molar refractivity (Wildman–Crippen MR) is 52.7 cm³/mol. The second kappa shape index (κ2) is 3.27. The zero-order valence-electron chi connectivity index (χ0n) is 7.99. The van der Waals surface area contributed by atoms with Gasteiger partial charge in [-0.1, -0.05) is 5.16 Å². The Morgan fingerprint density at radius 3 is 2.73 bits per heavy atom. The Hall–Kier alpha value is -2.04. The van der Waals surface area contributed by atoms with Gasteiger partial charge in [-0.05, 0) is 24.6 Å². The molecule has 0 unspecified atom stereocenters. The summed E-state index contributed by atoms with van der Waals surface area (Å²) in [6, 6.07) is 3.92. The Kier molecular flexibility index (Phi) is 2.07. The highest BCUT2D eigenvalue weighted by molar-refractivity contribution is 5.64. The third-order valence-corrected chi connectivity index (χ3v) is 2.09. The summed E-state index contributed by atoms with van der Waals surface area (Å²) in [5, 5.41) is 13.0. The molecule has 1 aromatic carbocycles. The molecule has 3 N–H and O–H groups in total. The van der Waals surface area contributed by atoms with E-state index < -0.39 is 5.82 Å². The number of benzene rings is 1. The summed E-state index contributed by atoms with van der Waals surface area (Å²) in [6.45, 7) is 1.61. The van der Waals surface area contributed by atoms with Crippen LogP contribution in [0.4, 0.5) is 10.3 Å². The summed E-state index contributed by atoms with van der Waals surface area (Å²) in [6.07, 6.45) is 0. The summed E-state index contributed by atoms with van der Waals surface area (Å²) >= 11 is 0. The number of phenols is 1. The molecule has 0 saturated carbocycles. The molecule has 5 heteroatoms. The molecule has 15 heavy (non-hydrogen) atoms. The molecule has 0 amide bonds. The maximum Gasteiger partial charge on any atom is 0.222 e. The number of rotatable bonds is 1. The van der Waals surface area contributed by atoms with Gasteiger partial charge in [0.1, 0.15) is 17.3 Å². The second-order valence-electron chi connectivity index (χ2n) is 3.23. The second-order valence-corrected chi connectivity index (χ2v) is 3.23. The SMILES string of the molecule is Cc1cc(F)c(-c2cc(N)on2)cc1O. The van der Waals surface area contributed by atoms with Crippen molar-refractivity contribution in [3.8, 4) is 17.0 Å². The van der Waals surface area contributed by atoms with E-state index in [1.807, 2.05) is 0 Å². The first-order chi connectivity index (χ1) is 7.08. The summed E-state index contributed by atoms with van der Waals surface area (Å²) < 4.78 is 18.1. The molecule has 0 aliphatic heterocycles. The van der Waals surface area contributed by atoms with E-state index >= 15 is 0 Å². The molecule has 78 valence electrons. The Bertz CT molecular complexity index is 508.